The van der Waals surface area contributed by atoms with Gasteiger partial charge in [-0.15, -0.1) is 11.6 Å². The number of anilines is 1. The highest BCUT2D eigenvalue weighted by molar-refractivity contribution is 6.18. The van der Waals surface area contributed by atoms with Gasteiger partial charge in [0.05, 0.1) is 12.6 Å². The Hall–Kier alpha value is -1.81. The van der Waals surface area contributed by atoms with Gasteiger partial charge in [0.25, 0.3) is 0 Å². The van der Waals surface area contributed by atoms with Crippen LogP contribution in [0.2, 0.25) is 0 Å². The fourth-order valence-corrected chi connectivity index (χ4v) is 1.98. The van der Waals surface area contributed by atoms with E-state index in [-0.39, 0.29) is 6.04 Å². The predicted octanol–water partition coefficient (Wildman–Crippen LogP) is 3.27. The fourth-order valence-electron chi connectivity index (χ4n) is 1.72. The van der Waals surface area contributed by atoms with Gasteiger partial charge < -0.3 is 10.1 Å². The lowest BCUT2D eigenvalue weighted by atomic mass is 10.1. The number of rotatable bonds is 6. The molecular weight excluding hydrogens is 262 g/mol. The maximum absolute atomic E-state index is 6.02. The number of hydrogen-bond acceptors (Lipinski definition) is 4. The topological polar surface area (TPSA) is 47.0 Å². The standard InChI is InChI=1S/C14H16ClN3O/c1-2-19-14-8-13(16-10-17-14)18-12(9-15)11-6-4-3-5-7-11/h3-8,10,12H,2,9H2,1H3,(H,16,17,18). The van der Waals surface area contributed by atoms with E-state index in [0.717, 1.165) is 5.56 Å². The average molecular weight is 278 g/mol. The Labute approximate surface area is 117 Å². The lowest BCUT2D eigenvalue weighted by Crippen LogP contribution is -2.13. The van der Waals surface area contributed by atoms with Crippen LogP contribution in [0.4, 0.5) is 5.82 Å². The lowest BCUT2D eigenvalue weighted by Gasteiger charge is -2.17. The third kappa shape index (κ3) is 3.83. The molecule has 1 N–H and O–H groups in total. The summed E-state index contributed by atoms with van der Waals surface area (Å²) in [5, 5.41) is 3.28. The van der Waals surface area contributed by atoms with Gasteiger partial charge in [0.1, 0.15) is 12.1 Å². The molecule has 0 amide bonds. The maximum Gasteiger partial charge on any atom is 0.218 e. The second-order valence-corrected chi connectivity index (χ2v) is 4.25. The van der Waals surface area contributed by atoms with Gasteiger partial charge in [0, 0.05) is 11.9 Å². The minimum atomic E-state index is 0.00671. The van der Waals surface area contributed by atoms with E-state index in [0.29, 0.717) is 24.2 Å². The van der Waals surface area contributed by atoms with Crippen LogP contribution in [0.15, 0.2) is 42.7 Å². The Balaban J connectivity index is 2.12. The Morgan fingerprint density at radius 3 is 2.74 bits per heavy atom. The molecule has 0 aliphatic carbocycles. The zero-order valence-corrected chi connectivity index (χ0v) is 11.5. The normalized spacial score (nSPS) is 11.9. The Morgan fingerprint density at radius 2 is 2.05 bits per heavy atom. The van der Waals surface area contributed by atoms with Crippen LogP contribution in [0.3, 0.4) is 0 Å². The Morgan fingerprint density at radius 1 is 1.26 bits per heavy atom. The van der Waals surface area contributed by atoms with Crippen molar-refractivity contribution in [2.45, 2.75) is 13.0 Å². The molecule has 19 heavy (non-hydrogen) atoms. The van der Waals surface area contributed by atoms with Gasteiger partial charge >= 0.3 is 0 Å². The molecule has 0 bridgehead atoms. The highest BCUT2D eigenvalue weighted by Gasteiger charge is 2.10. The minimum Gasteiger partial charge on any atom is -0.478 e. The van der Waals surface area contributed by atoms with Crippen molar-refractivity contribution in [1.29, 1.82) is 0 Å². The number of nitrogens with zero attached hydrogens (tertiary/aromatic N) is 2. The van der Waals surface area contributed by atoms with Crippen LogP contribution in [0, 0.1) is 0 Å². The van der Waals surface area contributed by atoms with Crippen LogP contribution in [0.5, 0.6) is 5.88 Å². The zero-order valence-electron chi connectivity index (χ0n) is 10.7. The molecule has 0 aliphatic rings. The summed E-state index contributed by atoms with van der Waals surface area (Å²) in [6.07, 6.45) is 1.48. The van der Waals surface area contributed by atoms with Gasteiger partial charge in [-0.25, -0.2) is 9.97 Å². The van der Waals surface area contributed by atoms with Crippen molar-refractivity contribution in [3.63, 3.8) is 0 Å². The van der Waals surface area contributed by atoms with Crippen LogP contribution in [0.1, 0.15) is 18.5 Å². The highest BCUT2D eigenvalue weighted by Crippen LogP contribution is 2.20. The molecule has 0 saturated heterocycles. The fraction of sp³-hybridized carbons (Fsp3) is 0.286. The molecule has 0 spiro atoms. The SMILES string of the molecule is CCOc1cc(NC(CCl)c2ccccc2)ncn1. The van der Waals surface area contributed by atoms with Crippen molar-refractivity contribution in [2.24, 2.45) is 0 Å². The Bertz CT molecular complexity index is 507. The minimum absolute atomic E-state index is 0.00671. The van der Waals surface area contributed by atoms with Gasteiger partial charge in [0.15, 0.2) is 0 Å². The number of aromatic nitrogens is 2. The van der Waals surface area contributed by atoms with Gasteiger partial charge in [-0.2, -0.15) is 0 Å². The average Bonchev–Trinajstić information content (AvgIpc) is 2.46. The van der Waals surface area contributed by atoms with Gasteiger partial charge in [-0.1, -0.05) is 30.3 Å². The first-order chi connectivity index (χ1) is 9.33. The molecule has 1 aromatic carbocycles. The number of ether oxygens (including phenoxy) is 1. The van der Waals surface area contributed by atoms with Crippen LogP contribution in [0.25, 0.3) is 0 Å². The number of nitrogens with one attached hydrogen (secondary N) is 1. The summed E-state index contributed by atoms with van der Waals surface area (Å²) in [7, 11) is 0. The largest absolute Gasteiger partial charge is 0.478 e. The molecular formula is C14H16ClN3O. The summed E-state index contributed by atoms with van der Waals surface area (Å²) in [6.45, 7) is 2.49. The molecule has 2 rings (SSSR count). The lowest BCUT2D eigenvalue weighted by molar-refractivity contribution is 0.326. The summed E-state index contributed by atoms with van der Waals surface area (Å²) < 4.78 is 5.34. The van der Waals surface area contributed by atoms with E-state index in [9.17, 15) is 0 Å². The molecule has 4 nitrogen and oxygen atoms in total. The Kier molecular flexibility index (Phi) is 4.98. The van der Waals surface area contributed by atoms with E-state index in [4.69, 9.17) is 16.3 Å². The number of benzene rings is 1. The molecule has 5 heteroatoms. The van der Waals surface area contributed by atoms with E-state index in [1.807, 2.05) is 37.3 Å². The van der Waals surface area contributed by atoms with Crippen LogP contribution >= 0.6 is 11.6 Å². The van der Waals surface area contributed by atoms with E-state index >= 15 is 0 Å². The smallest absolute Gasteiger partial charge is 0.218 e. The van der Waals surface area contributed by atoms with E-state index in [2.05, 4.69) is 15.3 Å². The monoisotopic (exact) mass is 277 g/mol. The van der Waals surface area contributed by atoms with Gasteiger partial charge in [-0.3, -0.25) is 0 Å². The molecule has 1 heterocycles. The molecule has 0 fully saturated rings. The number of halogens is 1. The third-order valence-corrected chi connectivity index (χ3v) is 2.92. The van der Waals surface area contributed by atoms with Crippen molar-refractivity contribution in [3.05, 3.63) is 48.3 Å². The van der Waals surface area contributed by atoms with Crippen LogP contribution in [-0.4, -0.2) is 22.5 Å². The predicted molar refractivity (Wildman–Crippen MR) is 76.7 cm³/mol. The molecule has 1 aromatic heterocycles. The van der Waals surface area contributed by atoms with Crippen LogP contribution < -0.4 is 10.1 Å². The van der Waals surface area contributed by atoms with Crippen molar-refractivity contribution >= 4 is 17.4 Å². The van der Waals surface area contributed by atoms with Crippen molar-refractivity contribution < 1.29 is 4.74 Å². The van der Waals surface area contributed by atoms with Gasteiger partial charge in [-0.05, 0) is 12.5 Å². The van der Waals surface area contributed by atoms with Crippen molar-refractivity contribution in [2.75, 3.05) is 17.8 Å². The van der Waals surface area contributed by atoms with E-state index in [1.165, 1.54) is 6.33 Å². The molecule has 1 atom stereocenters. The first-order valence-corrected chi connectivity index (χ1v) is 6.69. The second kappa shape index (κ2) is 6.95. The molecule has 0 saturated carbocycles. The zero-order chi connectivity index (χ0) is 13.5. The summed E-state index contributed by atoms with van der Waals surface area (Å²) in [4.78, 5) is 8.20. The third-order valence-electron chi connectivity index (χ3n) is 2.61. The van der Waals surface area contributed by atoms with Crippen LogP contribution in [-0.2, 0) is 0 Å². The maximum atomic E-state index is 6.02. The van der Waals surface area contributed by atoms with Gasteiger partial charge in [0.2, 0.25) is 5.88 Å². The molecule has 0 aliphatic heterocycles. The highest BCUT2D eigenvalue weighted by atomic mass is 35.5. The summed E-state index contributed by atoms with van der Waals surface area (Å²) in [5.41, 5.74) is 1.12. The molecule has 100 valence electrons. The first-order valence-electron chi connectivity index (χ1n) is 6.15. The van der Waals surface area contributed by atoms with E-state index < -0.39 is 0 Å². The van der Waals surface area contributed by atoms with E-state index in [1.54, 1.807) is 6.07 Å². The van der Waals surface area contributed by atoms with Crippen molar-refractivity contribution in [1.82, 2.24) is 9.97 Å². The number of hydrogen-bond donors (Lipinski definition) is 1. The summed E-state index contributed by atoms with van der Waals surface area (Å²) in [5.74, 6) is 1.71. The summed E-state index contributed by atoms with van der Waals surface area (Å²) in [6, 6.07) is 11.8. The molecule has 1 unspecified atom stereocenters. The molecule has 2 aromatic rings. The second-order valence-electron chi connectivity index (χ2n) is 3.94. The first kappa shape index (κ1) is 13.6. The summed E-state index contributed by atoms with van der Waals surface area (Å²) >= 11 is 6.02. The quantitative estimate of drug-likeness (QED) is 0.823. The number of alkyl halides is 1. The van der Waals surface area contributed by atoms with Crippen molar-refractivity contribution in [3.8, 4) is 5.88 Å². The molecule has 0 radical (unpaired) electrons.